The number of nitrogens with one attached hydrogen (secondary N) is 1. The number of ether oxygens (including phenoxy) is 2. The first-order chi connectivity index (χ1) is 9.13. The number of imidazole rings is 1. The van der Waals surface area contributed by atoms with E-state index >= 15 is 0 Å². The number of carboxylic acid groups (broad SMARTS) is 1. The van der Waals surface area contributed by atoms with Crippen LogP contribution in [0.5, 0.6) is 0 Å². The van der Waals surface area contributed by atoms with Crippen molar-refractivity contribution in [3.05, 3.63) is 24.2 Å². The lowest BCUT2D eigenvalue weighted by molar-refractivity contribution is 0.0642. The molecule has 2 rings (SSSR count). The fourth-order valence-corrected chi connectivity index (χ4v) is 1.74. The largest absolute Gasteiger partial charge is 0.476 e. The molecule has 2 heterocycles. The van der Waals surface area contributed by atoms with Crippen LogP contribution in [0.15, 0.2) is 12.7 Å². The van der Waals surface area contributed by atoms with Gasteiger partial charge >= 0.3 is 12.1 Å². The molecule has 0 bridgehead atoms. The Morgan fingerprint density at radius 3 is 3.11 bits per heavy atom. The van der Waals surface area contributed by atoms with Crippen LogP contribution in [0.3, 0.4) is 0 Å². The SMILES string of the molecule is C=CCOC(=O)Nc1nc2n(c1C(=O)O)CCOC2. The quantitative estimate of drug-likeness (QED) is 0.784. The molecule has 0 fully saturated rings. The lowest BCUT2D eigenvalue weighted by atomic mass is 10.4. The Bertz CT molecular complexity index is 523. The van der Waals surface area contributed by atoms with Gasteiger partial charge in [-0.15, -0.1) is 0 Å². The summed E-state index contributed by atoms with van der Waals surface area (Å²) in [5.41, 5.74) is -0.0751. The Hall–Kier alpha value is -2.35. The highest BCUT2D eigenvalue weighted by molar-refractivity contribution is 5.96. The number of carboxylic acids is 1. The number of hydrogen-bond donors (Lipinski definition) is 2. The number of hydrogen-bond acceptors (Lipinski definition) is 5. The van der Waals surface area contributed by atoms with E-state index in [4.69, 9.17) is 9.47 Å². The number of fused-ring (bicyclic) bond motifs is 1. The van der Waals surface area contributed by atoms with Gasteiger partial charge < -0.3 is 19.1 Å². The Morgan fingerprint density at radius 2 is 2.42 bits per heavy atom. The topological polar surface area (TPSA) is 103 Å². The molecular formula is C11H13N3O5. The van der Waals surface area contributed by atoms with E-state index in [1.54, 1.807) is 0 Å². The monoisotopic (exact) mass is 267 g/mol. The minimum absolute atomic E-state index is 0.0327. The summed E-state index contributed by atoms with van der Waals surface area (Å²) in [4.78, 5) is 26.7. The van der Waals surface area contributed by atoms with E-state index in [9.17, 15) is 14.7 Å². The van der Waals surface area contributed by atoms with Crippen molar-refractivity contribution in [2.45, 2.75) is 13.2 Å². The summed E-state index contributed by atoms with van der Waals surface area (Å²) in [6, 6.07) is 0. The zero-order valence-electron chi connectivity index (χ0n) is 10.1. The Labute approximate surface area is 108 Å². The normalized spacial score (nSPS) is 13.5. The van der Waals surface area contributed by atoms with Crippen molar-refractivity contribution < 1.29 is 24.2 Å². The van der Waals surface area contributed by atoms with Gasteiger partial charge in [-0.1, -0.05) is 12.7 Å². The molecule has 0 atom stereocenters. The van der Waals surface area contributed by atoms with E-state index in [0.717, 1.165) is 0 Å². The van der Waals surface area contributed by atoms with Crippen LogP contribution in [-0.2, 0) is 22.6 Å². The van der Waals surface area contributed by atoms with E-state index in [2.05, 4.69) is 16.9 Å². The fraction of sp³-hybridized carbons (Fsp3) is 0.364. The van der Waals surface area contributed by atoms with Crippen molar-refractivity contribution in [3.8, 4) is 0 Å². The number of carbonyl (C=O) groups is 2. The van der Waals surface area contributed by atoms with Gasteiger partial charge in [0.15, 0.2) is 11.5 Å². The smallest absolute Gasteiger partial charge is 0.413 e. The molecule has 102 valence electrons. The molecular weight excluding hydrogens is 254 g/mol. The van der Waals surface area contributed by atoms with Crippen molar-refractivity contribution in [2.75, 3.05) is 18.5 Å². The predicted molar refractivity (Wildman–Crippen MR) is 64.0 cm³/mol. The highest BCUT2D eigenvalue weighted by atomic mass is 16.5. The fourth-order valence-electron chi connectivity index (χ4n) is 1.74. The van der Waals surface area contributed by atoms with Crippen molar-refractivity contribution in [2.24, 2.45) is 0 Å². The average Bonchev–Trinajstić information content (AvgIpc) is 2.74. The molecule has 0 aliphatic carbocycles. The van der Waals surface area contributed by atoms with Gasteiger partial charge in [0, 0.05) is 6.54 Å². The lowest BCUT2D eigenvalue weighted by Gasteiger charge is -2.15. The molecule has 1 amide bonds. The molecule has 0 saturated carbocycles. The first-order valence-corrected chi connectivity index (χ1v) is 5.58. The molecule has 0 aromatic carbocycles. The second kappa shape index (κ2) is 5.53. The van der Waals surface area contributed by atoms with Crippen molar-refractivity contribution in [1.82, 2.24) is 9.55 Å². The molecule has 0 spiro atoms. The van der Waals surface area contributed by atoms with Crippen LogP contribution in [0.4, 0.5) is 10.6 Å². The molecule has 8 nitrogen and oxygen atoms in total. The molecule has 0 unspecified atom stereocenters. The number of carbonyl (C=O) groups excluding carboxylic acids is 1. The summed E-state index contributed by atoms with van der Waals surface area (Å²) in [6.07, 6.45) is 0.628. The summed E-state index contributed by atoms with van der Waals surface area (Å²) >= 11 is 0. The maximum atomic E-state index is 11.4. The van der Waals surface area contributed by atoms with Gasteiger partial charge in [-0.3, -0.25) is 5.32 Å². The van der Waals surface area contributed by atoms with E-state index < -0.39 is 12.1 Å². The van der Waals surface area contributed by atoms with Gasteiger partial charge in [-0.25, -0.2) is 14.6 Å². The van der Waals surface area contributed by atoms with Crippen LogP contribution >= 0.6 is 0 Å². The third-order valence-electron chi connectivity index (χ3n) is 2.49. The maximum absolute atomic E-state index is 11.4. The predicted octanol–water partition coefficient (Wildman–Crippen LogP) is 0.846. The average molecular weight is 267 g/mol. The molecule has 19 heavy (non-hydrogen) atoms. The van der Waals surface area contributed by atoms with Gasteiger partial charge in [0.2, 0.25) is 0 Å². The number of aromatic carboxylic acids is 1. The molecule has 8 heteroatoms. The molecule has 1 aliphatic heterocycles. The molecule has 2 N–H and O–H groups in total. The third-order valence-corrected chi connectivity index (χ3v) is 2.49. The maximum Gasteiger partial charge on any atom is 0.413 e. The second-order valence-corrected chi connectivity index (χ2v) is 3.75. The van der Waals surface area contributed by atoms with Crippen LogP contribution in [-0.4, -0.2) is 39.9 Å². The van der Waals surface area contributed by atoms with Crippen LogP contribution in [0, 0.1) is 0 Å². The van der Waals surface area contributed by atoms with Crippen LogP contribution < -0.4 is 5.32 Å². The third kappa shape index (κ3) is 2.74. The summed E-state index contributed by atoms with van der Waals surface area (Å²) < 4.78 is 11.4. The molecule has 1 aromatic heterocycles. The Balaban J connectivity index is 2.24. The van der Waals surface area contributed by atoms with Gasteiger partial charge in [-0.05, 0) is 0 Å². The summed E-state index contributed by atoms with van der Waals surface area (Å²) in [7, 11) is 0. The summed E-state index contributed by atoms with van der Waals surface area (Å²) in [5.74, 6) is -0.746. The van der Waals surface area contributed by atoms with Gasteiger partial charge in [0.25, 0.3) is 0 Å². The molecule has 1 aromatic rings. The number of nitrogens with zero attached hydrogens (tertiary/aromatic N) is 2. The Kier molecular flexibility index (Phi) is 3.81. The first-order valence-electron chi connectivity index (χ1n) is 5.58. The van der Waals surface area contributed by atoms with Gasteiger partial charge in [0.05, 0.1) is 6.61 Å². The second-order valence-electron chi connectivity index (χ2n) is 3.75. The van der Waals surface area contributed by atoms with Crippen molar-refractivity contribution in [3.63, 3.8) is 0 Å². The van der Waals surface area contributed by atoms with E-state index in [1.165, 1.54) is 10.6 Å². The molecule has 0 radical (unpaired) electrons. The van der Waals surface area contributed by atoms with Crippen LogP contribution in [0.1, 0.15) is 16.3 Å². The highest BCUT2D eigenvalue weighted by Crippen LogP contribution is 2.21. The van der Waals surface area contributed by atoms with E-state index in [1.807, 2.05) is 0 Å². The molecule has 0 saturated heterocycles. The Morgan fingerprint density at radius 1 is 1.63 bits per heavy atom. The van der Waals surface area contributed by atoms with Crippen LogP contribution in [0.25, 0.3) is 0 Å². The zero-order chi connectivity index (χ0) is 13.8. The summed E-state index contributed by atoms with van der Waals surface area (Å²) in [5, 5.41) is 11.5. The number of aromatic nitrogens is 2. The zero-order valence-corrected chi connectivity index (χ0v) is 10.1. The number of amides is 1. The molecule has 1 aliphatic rings. The lowest BCUT2D eigenvalue weighted by Crippen LogP contribution is -2.21. The first kappa shape index (κ1) is 13.1. The highest BCUT2D eigenvalue weighted by Gasteiger charge is 2.26. The number of rotatable bonds is 4. The minimum Gasteiger partial charge on any atom is -0.476 e. The van der Waals surface area contributed by atoms with Crippen LogP contribution in [0.2, 0.25) is 0 Å². The number of anilines is 1. The van der Waals surface area contributed by atoms with Gasteiger partial charge in [0.1, 0.15) is 19.0 Å². The van der Waals surface area contributed by atoms with Gasteiger partial charge in [-0.2, -0.15) is 0 Å². The van der Waals surface area contributed by atoms with Crippen molar-refractivity contribution in [1.29, 1.82) is 0 Å². The van der Waals surface area contributed by atoms with E-state index in [-0.39, 0.29) is 24.7 Å². The van der Waals surface area contributed by atoms with E-state index in [0.29, 0.717) is 19.0 Å². The minimum atomic E-state index is -1.17. The summed E-state index contributed by atoms with van der Waals surface area (Å²) in [6.45, 7) is 4.44. The standard InChI is InChI=1S/C11H13N3O5/c1-2-4-19-11(17)13-9-8(10(15)16)14-3-5-18-6-7(14)12-9/h2H,1,3-6H2,(H,13,17)(H,15,16). The van der Waals surface area contributed by atoms with Crippen molar-refractivity contribution >= 4 is 17.9 Å².